The summed E-state index contributed by atoms with van der Waals surface area (Å²) in [5, 5.41) is 10.6. The van der Waals surface area contributed by atoms with E-state index in [-0.39, 0.29) is 5.75 Å². The van der Waals surface area contributed by atoms with Crippen LogP contribution in [-0.4, -0.2) is 45.0 Å². The van der Waals surface area contributed by atoms with Gasteiger partial charge in [-0.3, -0.25) is 0 Å². The summed E-state index contributed by atoms with van der Waals surface area (Å²) >= 11 is 0. The lowest BCUT2D eigenvalue weighted by Crippen LogP contribution is -1.93. The predicted octanol–water partition coefficient (Wildman–Crippen LogP) is 19.5. The van der Waals surface area contributed by atoms with Gasteiger partial charge in [0.2, 0.25) is 0 Å². The standard InChI is InChI=1S/C76H58N8O/c1-2-3-4-17-26-55-57-33-29-52(77-57)45-53-30-34-59(78-53)72(51-27-31-54(85)32-28-51)64-42-44-68(83-64)75(67-36-35-58(55)79-67)56-46-69-73(49-22-13-7-14-23-49)65-40-39-62(81-65)70(47-18-9-5-10-19-47)60-37-38-61(80-60)71(48-20-11-6-12-21-48)63-41-43-66(82-63)74(76(56)84-69)50-24-15-8-16-25-50/h5-16,18-25,27-46,77,80,83-85H,2-4,17,26H2,1H3. The van der Waals surface area contributed by atoms with Crippen molar-refractivity contribution in [1.82, 2.24) is 39.9 Å². The van der Waals surface area contributed by atoms with Gasteiger partial charge in [0.15, 0.2) is 0 Å². The molecule has 0 fully saturated rings. The number of phenols is 1. The topological polar surface area (TPSA) is 135 Å². The molecule has 0 unspecified atom stereocenters. The van der Waals surface area contributed by atoms with Crippen molar-refractivity contribution in [3.63, 3.8) is 0 Å². The zero-order chi connectivity index (χ0) is 56.8. The van der Waals surface area contributed by atoms with Crippen molar-refractivity contribution in [3.05, 3.63) is 245 Å². The lowest BCUT2D eigenvalue weighted by molar-refractivity contribution is 0.475. The first kappa shape index (κ1) is 51.0. The van der Waals surface area contributed by atoms with E-state index < -0.39 is 0 Å². The molecule has 5 aromatic carbocycles. The molecular weight excluding hydrogens is 1040 g/mol. The Morgan fingerprint density at radius 2 is 0.753 bits per heavy atom. The fourth-order valence-corrected chi connectivity index (χ4v) is 12.5. The van der Waals surface area contributed by atoms with E-state index in [1.807, 2.05) is 12.1 Å². The van der Waals surface area contributed by atoms with Gasteiger partial charge in [-0.25, -0.2) is 19.9 Å². The second-order valence-electron chi connectivity index (χ2n) is 22.0. The number of hydrogen-bond donors (Lipinski definition) is 5. The molecule has 9 nitrogen and oxygen atoms in total. The van der Waals surface area contributed by atoms with Gasteiger partial charge in [-0.15, -0.1) is 0 Å². The highest BCUT2D eigenvalue weighted by Gasteiger charge is 2.25. The second-order valence-corrected chi connectivity index (χ2v) is 22.0. The SMILES string of the molecule is CCCCCCc1c2nc(c(-c3cc4[nH]c3c(-c3ccccc3)c3nc(c(-c5ccccc5)c5ccc([nH]5)c(-c5ccccc5)c5nc(c4-c4ccccc4)C=C5)C=C3)c3ccc([nH]3)c(-c3ccc(O)cc3)c3nc(cc4ccc1[nH]4)C=C3)C=C2. The first-order valence-electron chi connectivity index (χ1n) is 29.3. The lowest BCUT2D eigenvalue weighted by Gasteiger charge is -2.09. The highest BCUT2D eigenvalue weighted by molar-refractivity contribution is 6.08. The van der Waals surface area contributed by atoms with Crippen molar-refractivity contribution in [2.45, 2.75) is 39.0 Å². The first-order chi connectivity index (χ1) is 42.0. The molecule has 10 heterocycles. The van der Waals surface area contributed by atoms with Crippen LogP contribution >= 0.6 is 0 Å². The van der Waals surface area contributed by atoms with Gasteiger partial charge in [-0.1, -0.05) is 160 Å². The Bertz CT molecular complexity index is 4900. The largest absolute Gasteiger partial charge is 0.508 e. The Labute approximate surface area is 492 Å². The molecule has 0 spiro atoms. The average Bonchev–Trinajstić information content (AvgIpc) is 3.90. The number of unbranched alkanes of at least 4 members (excludes halogenated alkanes) is 3. The third-order valence-corrected chi connectivity index (χ3v) is 16.5. The van der Waals surface area contributed by atoms with E-state index in [1.54, 1.807) is 12.1 Å². The van der Waals surface area contributed by atoms with Crippen molar-refractivity contribution in [2.24, 2.45) is 0 Å². The lowest BCUT2D eigenvalue weighted by atomic mass is 9.97. The molecule has 5 N–H and O–H groups in total. The molecule has 408 valence electrons. The Morgan fingerprint density at radius 3 is 1.29 bits per heavy atom. The number of aromatic hydroxyl groups is 1. The van der Waals surface area contributed by atoms with Crippen LogP contribution in [0.3, 0.4) is 0 Å². The third kappa shape index (κ3) is 9.61. The summed E-state index contributed by atoms with van der Waals surface area (Å²) in [6.07, 6.45) is 22.5. The van der Waals surface area contributed by atoms with Crippen LogP contribution < -0.4 is 0 Å². The first-order valence-corrected chi connectivity index (χ1v) is 29.3. The van der Waals surface area contributed by atoms with Crippen molar-refractivity contribution >= 4 is 92.7 Å². The normalized spacial score (nSPS) is 12.4. The fraction of sp³-hybridized carbons (Fsp3) is 0.0789. The van der Waals surface area contributed by atoms with Crippen LogP contribution in [0.1, 0.15) is 83.7 Å². The summed E-state index contributed by atoms with van der Waals surface area (Å²) in [5.41, 5.74) is 26.7. The number of rotatable bonds is 11. The van der Waals surface area contributed by atoms with E-state index in [0.717, 1.165) is 182 Å². The highest BCUT2D eigenvalue weighted by atomic mass is 16.3. The van der Waals surface area contributed by atoms with Crippen LogP contribution in [0, 0.1) is 0 Å². The minimum atomic E-state index is 0.189. The molecule has 6 aromatic heterocycles. The number of fused-ring (bicyclic) bond motifs is 16. The molecule has 0 amide bonds. The molecule has 85 heavy (non-hydrogen) atoms. The van der Waals surface area contributed by atoms with Gasteiger partial charge in [0.1, 0.15) is 5.75 Å². The summed E-state index contributed by atoms with van der Waals surface area (Å²) in [7, 11) is 0. The minimum Gasteiger partial charge on any atom is -0.508 e. The van der Waals surface area contributed by atoms with Crippen LogP contribution in [-0.2, 0) is 6.42 Å². The number of nitrogens with one attached hydrogen (secondary N) is 4. The van der Waals surface area contributed by atoms with Gasteiger partial charge in [0.05, 0.1) is 51.1 Å². The van der Waals surface area contributed by atoms with Crippen molar-refractivity contribution < 1.29 is 5.11 Å². The number of aromatic amines is 4. The Hall–Kier alpha value is -10.9. The molecule has 0 atom stereocenters. The summed E-state index contributed by atoms with van der Waals surface area (Å²) in [6, 6.07) is 67.0. The van der Waals surface area contributed by atoms with Crippen LogP contribution in [0.25, 0.3) is 160 Å². The van der Waals surface area contributed by atoms with Crippen molar-refractivity contribution in [2.75, 3.05) is 0 Å². The maximum atomic E-state index is 10.6. The number of H-pyrrole nitrogens is 4. The van der Waals surface area contributed by atoms with E-state index >= 15 is 0 Å². The zero-order valence-electron chi connectivity index (χ0n) is 46.9. The second kappa shape index (κ2) is 21.8. The molecule has 4 aliphatic rings. The van der Waals surface area contributed by atoms with E-state index in [4.69, 9.17) is 19.9 Å². The molecular formula is C76H58N8O. The van der Waals surface area contributed by atoms with E-state index in [2.05, 4.69) is 245 Å². The van der Waals surface area contributed by atoms with Gasteiger partial charge in [-0.05, 0) is 150 Å². The summed E-state index contributed by atoms with van der Waals surface area (Å²) < 4.78 is 0. The van der Waals surface area contributed by atoms with Gasteiger partial charge >= 0.3 is 0 Å². The van der Waals surface area contributed by atoms with Crippen LogP contribution in [0.15, 0.2) is 194 Å². The molecule has 0 saturated carbocycles. The van der Waals surface area contributed by atoms with Crippen LogP contribution in [0.5, 0.6) is 5.75 Å². The maximum absolute atomic E-state index is 10.6. The summed E-state index contributed by atoms with van der Waals surface area (Å²) in [4.78, 5) is 38.3. The zero-order valence-corrected chi connectivity index (χ0v) is 46.9. The molecule has 0 saturated heterocycles. The third-order valence-electron chi connectivity index (χ3n) is 16.5. The van der Waals surface area contributed by atoms with Crippen LogP contribution in [0.2, 0.25) is 0 Å². The average molecular weight is 1100 g/mol. The Balaban J connectivity index is 1.15. The van der Waals surface area contributed by atoms with Gasteiger partial charge in [-0.2, -0.15) is 0 Å². The summed E-state index contributed by atoms with van der Waals surface area (Å²) in [6.45, 7) is 2.26. The molecule has 9 heteroatoms. The van der Waals surface area contributed by atoms with Crippen LogP contribution in [0.4, 0.5) is 0 Å². The molecule has 0 aliphatic carbocycles. The smallest absolute Gasteiger partial charge is 0.115 e. The number of phenolic OH excluding ortho intramolecular Hbond substituents is 1. The monoisotopic (exact) mass is 1100 g/mol. The highest BCUT2D eigenvalue weighted by Crippen LogP contribution is 2.44. The Kier molecular flexibility index (Phi) is 13.1. The van der Waals surface area contributed by atoms with Crippen molar-refractivity contribution in [3.8, 4) is 72.5 Å². The van der Waals surface area contributed by atoms with Gasteiger partial charge in [0, 0.05) is 83.1 Å². The van der Waals surface area contributed by atoms with Crippen molar-refractivity contribution in [1.29, 1.82) is 0 Å². The molecule has 15 rings (SSSR count). The minimum absolute atomic E-state index is 0.189. The molecule has 11 aromatic rings. The molecule has 0 radical (unpaired) electrons. The number of aryl methyl sites for hydroxylation is 1. The Morgan fingerprint density at radius 1 is 0.329 bits per heavy atom. The van der Waals surface area contributed by atoms with Gasteiger partial charge < -0.3 is 25.0 Å². The predicted molar refractivity (Wildman–Crippen MR) is 353 cm³/mol. The molecule has 16 bridgehead atoms. The number of hydrogen-bond acceptors (Lipinski definition) is 5. The number of benzene rings is 5. The molecule has 4 aliphatic heterocycles. The van der Waals surface area contributed by atoms with E-state index in [0.29, 0.717) is 0 Å². The number of nitrogens with zero attached hydrogens (tertiary/aromatic N) is 4. The maximum Gasteiger partial charge on any atom is 0.115 e. The summed E-state index contributed by atoms with van der Waals surface area (Å²) in [5.74, 6) is 0.189. The quantitative estimate of drug-likeness (QED) is 0.0822. The van der Waals surface area contributed by atoms with E-state index in [1.165, 1.54) is 12.0 Å². The number of aromatic nitrogens is 8. The van der Waals surface area contributed by atoms with E-state index in [9.17, 15) is 5.11 Å². The van der Waals surface area contributed by atoms with Gasteiger partial charge in [0.25, 0.3) is 0 Å². The fourth-order valence-electron chi connectivity index (χ4n) is 12.5.